The van der Waals surface area contributed by atoms with E-state index in [-0.39, 0.29) is 0 Å². The maximum Gasteiger partial charge on any atom is 0.0462 e. The van der Waals surface area contributed by atoms with Crippen LogP contribution in [0.4, 0.5) is 17.1 Å². The maximum absolute atomic E-state index is 2.28. The summed E-state index contributed by atoms with van der Waals surface area (Å²) in [6, 6.07) is 40.4. The van der Waals surface area contributed by atoms with Crippen LogP contribution in [0.15, 0.2) is 127 Å². The van der Waals surface area contributed by atoms with Gasteiger partial charge in [-0.05, 0) is 59.5 Å². The van der Waals surface area contributed by atoms with Crippen molar-refractivity contribution in [2.24, 2.45) is 0 Å². The molecule has 0 radical (unpaired) electrons. The normalized spacial score (nSPS) is 11.6. The van der Waals surface area contributed by atoms with Crippen LogP contribution in [0.2, 0.25) is 0 Å². The summed E-state index contributed by atoms with van der Waals surface area (Å²) in [5, 5.41) is 0. The molecule has 0 amide bonds. The summed E-state index contributed by atoms with van der Waals surface area (Å²) in [5.74, 6) is 0. The maximum atomic E-state index is 2.28. The SMILES string of the molecule is CCC/C(=C\C=C\c1ccc(N(c2ccccc2)c2ccccc2)cc1)c1ccccc1. The van der Waals surface area contributed by atoms with E-state index >= 15 is 0 Å². The van der Waals surface area contributed by atoms with Gasteiger partial charge in [-0.25, -0.2) is 0 Å². The molecule has 0 unspecified atom stereocenters. The molecule has 0 fully saturated rings. The van der Waals surface area contributed by atoms with Gasteiger partial charge < -0.3 is 4.90 Å². The van der Waals surface area contributed by atoms with Crippen molar-refractivity contribution < 1.29 is 0 Å². The molecule has 32 heavy (non-hydrogen) atoms. The molecule has 0 saturated heterocycles. The molecule has 0 saturated carbocycles. The first kappa shape index (κ1) is 21.4. The van der Waals surface area contributed by atoms with Gasteiger partial charge in [-0.3, -0.25) is 0 Å². The minimum absolute atomic E-state index is 1.08. The largest absolute Gasteiger partial charge is 0.311 e. The Hall–Kier alpha value is -3.84. The lowest BCUT2D eigenvalue weighted by molar-refractivity contribution is 0.973. The molecule has 0 heterocycles. The minimum atomic E-state index is 1.08. The fourth-order valence-corrected chi connectivity index (χ4v) is 3.86. The summed E-state index contributed by atoms with van der Waals surface area (Å²) in [7, 11) is 0. The third kappa shape index (κ3) is 5.44. The Morgan fingerprint density at radius 1 is 0.625 bits per heavy atom. The minimum Gasteiger partial charge on any atom is -0.311 e. The Morgan fingerprint density at radius 3 is 1.66 bits per heavy atom. The van der Waals surface area contributed by atoms with Crippen LogP contribution in [0.25, 0.3) is 11.6 Å². The lowest BCUT2D eigenvalue weighted by Gasteiger charge is -2.25. The highest BCUT2D eigenvalue weighted by molar-refractivity contribution is 5.77. The Bertz CT molecular complexity index is 1100. The van der Waals surface area contributed by atoms with E-state index in [2.05, 4.69) is 145 Å². The zero-order valence-electron chi connectivity index (χ0n) is 18.6. The fourth-order valence-electron chi connectivity index (χ4n) is 3.86. The van der Waals surface area contributed by atoms with Crippen LogP contribution in [-0.4, -0.2) is 0 Å². The zero-order chi connectivity index (χ0) is 22.0. The Labute approximate surface area is 192 Å². The molecule has 0 aliphatic carbocycles. The summed E-state index contributed by atoms with van der Waals surface area (Å²) >= 11 is 0. The predicted molar refractivity (Wildman–Crippen MR) is 139 cm³/mol. The average Bonchev–Trinajstić information content (AvgIpc) is 2.86. The van der Waals surface area contributed by atoms with Gasteiger partial charge in [0.05, 0.1) is 0 Å². The second-order valence-corrected chi connectivity index (χ2v) is 7.77. The molecule has 0 aliphatic rings. The molecule has 4 rings (SSSR count). The van der Waals surface area contributed by atoms with Gasteiger partial charge in [0, 0.05) is 17.1 Å². The molecular formula is C31H29N. The molecular weight excluding hydrogens is 386 g/mol. The molecule has 1 nitrogen and oxygen atoms in total. The van der Waals surface area contributed by atoms with E-state index in [1.807, 2.05) is 0 Å². The van der Waals surface area contributed by atoms with Crippen molar-refractivity contribution in [2.75, 3.05) is 4.90 Å². The van der Waals surface area contributed by atoms with Crippen LogP contribution in [0.1, 0.15) is 30.9 Å². The highest BCUT2D eigenvalue weighted by Crippen LogP contribution is 2.34. The number of nitrogens with zero attached hydrogens (tertiary/aromatic N) is 1. The van der Waals surface area contributed by atoms with Crippen LogP contribution in [0, 0.1) is 0 Å². The lowest BCUT2D eigenvalue weighted by Crippen LogP contribution is -2.09. The number of benzene rings is 4. The van der Waals surface area contributed by atoms with E-state index < -0.39 is 0 Å². The highest BCUT2D eigenvalue weighted by atomic mass is 15.1. The Morgan fingerprint density at radius 2 is 1.12 bits per heavy atom. The van der Waals surface area contributed by atoms with Crippen molar-refractivity contribution in [1.82, 2.24) is 0 Å². The quantitative estimate of drug-likeness (QED) is 0.259. The van der Waals surface area contributed by atoms with Gasteiger partial charge in [-0.1, -0.05) is 110 Å². The van der Waals surface area contributed by atoms with E-state index in [1.165, 1.54) is 16.7 Å². The number of allylic oxidation sites excluding steroid dienone is 3. The molecule has 0 N–H and O–H groups in total. The van der Waals surface area contributed by atoms with Gasteiger partial charge in [0.25, 0.3) is 0 Å². The molecule has 0 aromatic heterocycles. The monoisotopic (exact) mass is 415 g/mol. The van der Waals surface area contributed by atoms with E-state index in [9.17, 15) is 0 Å². The molecule has 0 atom stereocenters. The van der Waals surface area contributed by atoms with E-state index in [0.717, 1.165) is 29.9 Å². The second-order valence-electron chi connectivity index (χ2n) is 7.77. The van der Waals surface area contributed by atoms with Crippen molar-refractivity contribution in [3.63, 3.8) is 0 Å². The first-order valence-electron chi connectivity index (χ1n) is 11.3. The lowest BCUT2D eigenvalue weighted by atomic mass is 10.0. The molecule has 158 valence electrons. The van der Waals surface area contributed by atoms with Crippen LogP contribution in [0.3, 0.4) is 0 Å². The highest BCUT2D eigenvalue weighted by Gasteiger charge is 2.11. The fraction of sp³-hybridized carbons (Fsp3) is 0.0968. The Balaban J connectivity index is 1.57. The number of para-hydroxylation sites is 2. The van der Waals surface area contributed by atoms with Crippen molar-refractivity contribution in [3.8, 4) is 0 Å². The molecule has 4 aromatic rings. The summed E-state index contributed by atoms with van der Waals surface area (Å²) in [5.41, 5.74) is 7.31. The number of rotatable bonds is 8. The average molecular weight is 416 g/mol. The summed E-state index contributed by atoms with van der Waals surface area (Å²) in [6.07, 6.45) is 8.80. The zero-order valence-corrected chi connectivity index (χ0v) is 18.6. The first-order chi connectivity index (χ1) is 15.8. The second kappa shape index (κ2) is 11.0. The van der Waals surface area contributed by atoms with Gasteiger partial charge in [0.15, 0.2) is 0 Å². The third-order valence-electron chi connectivity index (χ3n) is 5.43. The summed E-state index contributed by atoms with van der Waals surface area (Å²) in [4.78, 5) is 2.28. The van der Waals surface area contributed by atoms with Crippen LogP contribution >= 0.6 is 0 Å². The van der Waals surface area contributed by atoms with Gasteiger partial charge in [-0.2, -0.15) is 0 Å². The number of anilines is 3. The number of hydrogen-bond acceptors (Lipinski definition) is 1. The number of hydrogen-bond donors (Lipinski definition) is 0. The van der Waals surface area contributed by atoms with Gasteiger partial charge in [0.1, 0.15) is 0 Å². The topological polar surface area (TPSA) is 3.24 Å². The smallest absolute Gasteiger partial charge is 0.0462 e. The first-order valence-corrected chi connectivity index (χ1v) is 11.3. The third-order valence-corrected chi connectivity index (χ3v) is 5.43. The van der Waals surface area contributed by atoms with Crippen molar-refractivity contribution >= 4 is 28.7 Å². The van der Waals surface area contributed by atoms with E-state index in [0.29, 0.717) is 0 Å². The predicted octanol–water partition coefficient (Wildman–Crippen LogP) is 9.05. The Kier molecular flexibility index (Phi) is 7.34. The van der Waals surface area contributed by atoms with Crippen molar-refractivity contribution in [3.05, 3.63) is 139 Å². The van der Waals surface area contributed by atoms with Gasteiger partial charge >= 0.3 is 0 Å². The molecule has 0 spiro atoms. The molecule has 0 aliphatic heterocycles. The molecule has 4 aromatic carbocycles. The van der Waals surface area contributed by atoms with Crippen LogP contribution in [-0.2, 0) is 0 Å². The van der Waals surface area contributed by atoms with Crippen LogP contribution < -0.4 is 4.90 Å². The van der Waals surface area contributed by atoms with Crippen molar-refractivity contribution in [1.29, 1.82) is 0 Å². The summed E-state index contributed by atoms with van der Waals surface area (Å²) in [6.45, 7) is 2.23. The molecule has 1 heteroatoms. The van der Waals surface area contributed by atoms with Gasteiger partial charge in [0.2, 0.25) is 0 Å². The standard InChI is InChI=1S/C31H29N/c1-2-13-27(28-15-6-3-7-16-28)17-12-14-26-22-24-31(25-23-26)32(29-18-8-4-9-19-29)30-20-10-5-11-21-30/h3-12,14-25H,2,13H2,1H3/b14-12+,27-17+. The van der Waals surface area contributed by atoms with Crippen molar-refractivity contribution in [2.45, 2.75) is 19.8 Å². The molecule has 0 bridgehead atoms. The van der Waals surface area contributed by atoms with E-state index in [4.69, 9.17) is 0 Å². The van der Waals surface area contributed by atoms with Crippen LogP contribution in [0.5, 0.6) is 0 Å². The van der Waals surface area contributed by atoms with Gasteiger partial charge in [-0.15, -0.1) is 0 Å². The summed E-state index contributed by atoms with van der Waals surface area (Å²) < 4.78 is 0. The van der Waals surface area contributed by atoms with E-state index in [1.54, 1.807) is 0 Å².